The summed E-state index contributed by atoms with van der Waals surface area (Å²) in [6.45, 7) is 1.70. The molecule has 0 aromatic heterocycles. The largest absolute Gasteiger partial charge is 0.480 e. The van der Waals surface area contributed by atoms with Crippen molar-refractivity contribution in [2.75, 3.05) is 0 Å². The van der Waals surface area contributed by atoms with Crippen LogP contribution in [-0.4, -0.2) is 29.5 Å². The number of hydrogen-bond donors (Lipinski definition) is 2. The monoisotopic (exact) mass is 195 g/mol. The van der Waals surface area contributed by atoms with Crippen molar-refractivity contribution in [3.8, 4) is 0 Å². The van der Waals surface area contributed by atoms with Crippen LogP contribution in [0.3, 0.4) is 0 Å². The number of carbonyl (C=O) groups excluding carboxylic acids is 1. The predicted octanol–water partition coefficient (Wildman–Crippen LogP) is 0.621. The highest BCUT2D eigenvalue weighted by atomic mass is 19.3. The van der Waals surface area contributed by atoms with Gasteiger partial charge in [0.15, 0.2) is 0 Å². The third kappa shape index (κ3) is 4.39. The molecule has 0 aromatic carbocycles. The maximum absolute atomic E-state index is 11.7. The lowest BCUT2D eigenvalue weighted by Gasteiger charge is -2.12. The Morgan fingerprint density at radius 2 is 2.00 bits per heavy atom. The zero-order valence-electron chi connectivity index (χ0n) is 7.09. The lowest BCUT2D eigenvalue weighted by atomic mass is 10.2. The molecular formula is C7H11F2NO3. The van der Waals surface area contributed by atoms with E-state index in [4.69, 9.17) is 5.11 Å². The highest BCUT2D eigenvalue weighted by molar-refractivity contribution is 5.85. The van der Waals surface area contributed by atoms with E-state index in [1.807, 2.05) is 0 Å². The quantitative estimate of drug-likeness (QED) is 0.675. The van der Waals surface area contributed by atoms with Crippen molar-refractivity contribution >= 4 is 11.9 Å². The summed E-state index contributed by atoms with van der Waals surface area (Å²) in [7, 11) is 0. The molecule has 2 N–H and O–H groups in total. The fourth-order valence-corrected chi connectivity index (χ4v) is 0.781. The fraction of sp³-hybridized carbons (Fsp3) is 0.714. The minimum atomic E-state index is -3.17. The average Bonchev–Trinajstić information content (AvgIpc) is 2.03. The smallest absolute Gasteiger partial charge is 0.326 e. The number of rotatable bonds is 5. The SMILES string of the molecule is CCC[C@H](NC(=O)C(F)F)C(=O)O. The van der Waals surface area contributed by atoms with Crippen LogP contribution in [0.2, 0.25) is 0 Å². The molecule has 6 heteroatoms. The number of alkyl halides is 2. The summed E-state index contributed by atoms with van der Waals surface area (Å²) in [5, 5.41) is 10.2. The highest BCUT2D eigenvalue weighted by Gasteiger charge is 2.23. The molecule has 4 nitrogen and oxygen atoms in total. The van der Waals surface area contributed by atoms with E-state index >= 15 is 0 Å². The molecule has 0 radical (unpaired) electrons. The molecule has 0 heterocycles. The van der Waals surface area contributed by atoms with Gasteiger partial charge in [0.25, 0.3) is 5.91 Å². The van der Waals surface area contributed by atoms with Gasteiger partial charge < -0.3 is 10.4 Å². The van der Waals surface area contributed by atoms with E-state index in [2.05, 4.69) is 0 Å². The molecule has 0 spiro atoms. The zero-order chi connectivity index (χ0) is 10.4. The first-order valence-electron chi connectivity index (χ1n) is 3.80. The third-order valence-corrected chi connectivity index (χ3v) is 1.39. The third-order valence-electron chi connectivity index (χ3n) is 1.39. The number of carboxylic acids is 1. The van der Waals surface area contributed by atoms with Crippen molar-refractivity contribution in [2.45, 2.75) is 32.2 Å². The van der Waals surface area contributed by atoms with Crippen LogP contribution < -0.4 is 5.32 Å². The first-order valence-corrected chi connectivity index (χ1v) is 3.80. The van der Waals surface area contributed by atoms with Crippen molar-refractivity contribution in [1.29, 1.82) is 0 Å². The number of halogens is 2. The predicted molar refractivity (Wildman–Crippen MR) is 40.5 cm³/mol. The summed E-state index contributed by atoms with van der Waals surface area (Å²) in [6, 6.07) is -1.22. The Morgan fingerprint density at radius 3 is 2.31 bits per heavy atom. The highest BCUT2D eigenvalue weighted by Crippen LogP contribution is 1.99. The van der Waals surface area contributed by atoms with Crippen molar-refractivity contribution in [3.05, 3.63) is 0 Å². The topological polar surface area (TPSA) is 66.4 Å². The molecule has 0 unspecified atom stereocenters. The summed E-state index contributed by atoms with van der Waals surface area (Å²) in [6.07, 6.45) is -2.52. The molecule has 0 saturated heterocycles. The van der Waals surface area contributed by atoms with E-state index in [9.17, 15) is 18.4 Å². The first kappa shape index (κ1) is 11.8. The Morgan fingerprint density at radius 1 is 1.46 bits per heavy atom. The molecule has 1 atom stereocenters. The Bertz CT molecular complexity index is 196. The van der Waals surface area contributed by atoms with E-state index in [1.54, 1.807) is 12.2 Å². The van der Waals surface area contributed by atoms with Crippen LogP contribution in [0, 0.1) is 0 Å². The maximum Gasteiger partial charge on any atom is 0.326 e. The van der Waals surface area contributed by atoms with Crippen LogP contribution in [0.25, 0.3) is 0 Å². The Kier molecular flexibility index (Phi) is 4.94. The molecule has 13 heavy (non-hydrogen) atoms. The van der Waals surface area contributed by atoms with Crippen LogP contribution in [0.4, 0.5) is 8.78 Å². The first-order chi connectivity index (χ1) is 5.99. The molecule has 76 valence electrons. The molecule has 0 saturated carbocycles. The number of amides is 1. The van der Waals surface area contributed by atoms with Crippen molar-refractivity contribution in [3.63, 3.8) is 0 Å². The molecule has 1 amide bonds. The average molecular weight is 195 g/mol. The van der Waals surface area contributed by atoms with Gasteiger partial charge in [-0.05, 0) is 6.42 Å². The molecule has 0 aliphatic carbocycles. The lowest BCUT2D eigenvalue weighted by molar-refractivity contribution is -0.144. The summed E-state index contributed by atoms with van der Waals surface area (Å²) < 4.78 is 23.4. The number of nitrogens with one attached hydrogen (secondary N) is 1. The van der Waals surface area contributed by atoms with E-state index in [0.717, 1.165) is 0 Å². The Hall–Kier alpha value is -1.20. The number of carbonyl (C=O) groups is 2. The van der Waals surface area contributed by atoms with E-state index in [1.165, 1.54) is 0 Å². The Balaban J connectivity index is 4.10. The van der Waals surface area contributed by atoms with Crippen LogP contribution in [0.15, 0.2) is 0 Å². The zero-order valence-corrected chi connectivity index (χ0v) is 7.09. The van der Waals surface area contributed by atoms with Crippen LogP contribution >= 0.6 is 0 Å². The minimum Gasteiger partial charge on any atom is -0.480 e. The van der Waals surface area contributed by atoms with Crippen LogP contribution in [-0.2, 0) is 9.59 Å². The van der Waals surface area contributed by atoms with Gasteiger partial charge in [-0.1, -0.05) is 13.3 Å². The molecular weight excluding hydrogens is 184 g/mol. The number of aliphatic carboxylic acids is 1. The van der Waals surface area contributed by atoms with Gasteiger partial charge in [-0.25, -0.2) is 4.79 Å². The summed E-state index contributed by atoms with van der Waals surface area (Å²) in [5.74, 6) is -2.84. The number of hydrogen-bond acceptors (Lipinski definition) is 2. The van der Waals surface area contributed by atoms with Gasteiger partial charge in [0.2, 0.25) is 0 Å². The Labute approximate surface area is 73.9 Å². The van der Waals surface area contributed by atoms with Crippen molar-refractivity contribution < 1.29 is 23.5 Å². The van der Waals surface area contributed by atoms with Gasteiger partial charge in [-0.2, -0.15) is 8.78 Å². The van der Waals surface area contributed by atoms with Gasteiger partial charge in [-0.15, -0.1) is 0 Å². The maximum atomic E-state index is 11.7. The standard InChI is InChI=1S/C7H11F2NO3/c1-2-3-4(7(12)13)10-6(11)5(8)9/h4-5H,2-3H2,1H3,(H,10,11)(H,12,13)/t4-/m0/s1. The van der Waals surface area contributed by atoms with Crippen molar-refractivity contribution in [1.82, 2.24) is 5.32 Å². The van der Waals surface area contributed by atoms with Gasteiger partial charge in [0.05, 0.1) is 0 Å². The van der Waals surface area contributed by atoms with Gasteiger partial charge in [0, 0.05) is 0 Å². The molecule has 0 bridgehead atoms. The van der Waals surface area contributed by atoms with Crippen LogP contribution in [0.5, 0.6) is 0 Å². The summed E-state index contributed by atoms with van der Waals surface area (Å²) in [5.41, 5.74) is 0. The van der Waals surface area contributed by atoms with Crippen LogP contribution in [0.1, 0.15) is 19.8 Å². The summed E-state index contributed by atoms with van der Waals surface area (Å²) >= 11 is 0. The molecule has 0 rings (SSSR count). The lowest BCUT2D eigenvalue weighted by Crippen LogP contribution is -2.43. The van der Waals surface area contributed by atoms with E-state index in [-0.39, 0.29) is 6.42 Å². The second-order valence-corrected chi connectivity index (χ2v) is 2.49. The molecule has 0 aliphatic heterocycles. The normalized spacial score (nSPS) is 12.6. The van der Waals surface area contributed by atoms with E-state index < -0.39 is 24.3 Å². The second-order valence-electron chi connectivity index (χ2n) is 2.49. The molecule has 0 aromatic rings. The summed E-state index contributed by atoms with van der Waals surface area (Å²) in [4.78, 5) is 20.8. The second kappa shape index (κ2) is 5.45. The molecule has 0 fully saturated rings. The molecule has 0 aliphatic rings. The van der Waals surface area contributed by atoms with Crippen molar-refractivity contribution in [2.24, 2.45) is 0 Å². The van der Waals surface area contributed by atoms with E-state index in [0.29, 0.717) is 6.42 Å². The van der Waals surface area contributed by atoms with Gasteiger partial charge in [-0.3, -0.25) is 4.79 Å². The van der Waals surface area contributed by atoms with Gasteiger partial charge in [0.1, 0.15) is 6.04 Å². The fourth-order valence-electron chi connectivity index (χ4n) is 0.781. The minimum absolute atomic E-state index is 0.147. The van der Waals surface area contributed by atoms with Gasteiger partial charge >= 0.3 is 12.4 Å². The number of carboxylic acid groups (broad SMARTS) is 1.